The van der Waals surface area contributed by atoms with Gasteiger partial charge in [0.1, 0.15) is 16.7 Å². The van der Waals surface area contributed by atoms with Crippen LogP contribution in [0.2, 0.25) is 0 Å². The number of hydrogen-bond acceptors (Lipinski definition) is 5. The molecule has 154 valence electrons. The number of fused-ring (bicyclic) bond motifs is 4. The van der Waals surface area contributed by atoms with E-state index in [2.05, 4.69) is 48.3 Å². The molecule has 0 spiro atoms. The molecule has 30 heavy (non-hydrogen) atoms. The lowest BCUT2D eigenvalue weighted by molar-refractivity contribution is 0.687. The molecule has 1 aromatic heterocycles. The smallest absolute Gasteiger partial charge is 0.117 e. The van der Waals surface area contributed by atoms with Crippen LogP contribution in [0.1, 0.15) is 62.6 Å². The second-order valence-corrected chi connectivity index (χ2v) is 10.2. The van der Waals surface area contributed by atoms with Crippen LogP contribution in [0, 0.1) is 0 Å². The summed E-state index contributed by atoms with van der Waals surface area (Å²) >= 11 is 3.70. The molecule has 2 unspecified atom stereocenters. The zero-order valence-electron chi connectivity index (χ0n) is 17.4. The van der Waals surface area contributed by atoms with Gasteiger partial charge in [-0.15, -0.1) is 11.8 Å². The number of aromatic nitrogens is 2. The Morgan fingerprint density at radius 3 is 2.93 bits per heavy atom. The lowest BCUT2D eigenvalue weighted by atomic mass is 9.87. The molecule has 0 radical (unpaired) electrons. The molecule has 1 aromatic carbocycles. The van der Waals surface area contributed by atoms with Crippen molar-refractivity contribution in [3.05, 3.63) is 65.1 Å². The number of hydrogen-bond donors (Lipinski definition) is 0. The molecular weight excluding hydrogens is 406 g/mol. The van der Waals surface area contributed by atoms with E-state index >= 15 is 0 Å². The molecular formula is C25H27N3S2. The number of aliphatic imine (C=N–C) groups is 1. The Labute approximate surface area is 187 Å². The van der Waals surface area contributed by atoms with E-state index in [1.807, 2.05) is 29.6 Å². The van der Waals surface area contributed by atoms with Crippen molar-refractivity contribution >= 4 is 35.3 Å². The van der Waals surface area contributed by atoms with E-state index in [4.69, 9.17) is 9.98 Å². The molecule has 5 heteroatoms. The number of thioether (sulfide) groups is 2. The zero-order chi connectivity index (χ0) is 20.3. The van der Waals surface area contributed by atoms with Gasteiger partial charge in [-0.25, -0.2) is 9.97 Å². The first kappa shape index (κ1) is 20.1. The van der Waals surface area contributed by atoms with Gasteiger partial charge in [-0.3, -0.25) is 4.99 Å². The number of dihydropyridines is 1. The highest BCUT2D eigenvalue weighted by Gasteiger charge is 2.43. The van der Waals surface area contributed by atoms with Gasteiger partial charge in [0.05, 0.1) is 16.5 Å². The van der Waals surface area contributed by atoms with Gasteiger partial charge in [-0.05, 0) is 43.2 Å². The minimum Gasteiger partial charge on any atom is -0.274 e. The Balaban J connectivity index is 1.36. The average molecular weight is 434 g/mol. The third kappa shape index (κ3) is 3.90. The van der Waals surface area contributed by atoms with Gasteiger partial charge in [0.2, 0.25) is 0 Å². The van der Waals surface area contributed by atoms with E-state index in [0.717, 1.165) is 17.2 Å². The monoisotopic (exact) mass is 433 g/mol. The Morgan fingerprint density at radius 1 is 1.17 bits per heavy atom. The van der Waals surface area contributed by atoms with E-state index in [0.29, 0.717) is 5.92 Å². The quantitative estimate of drug-likeness (QED) is 0.351. The summed E-state index contributed by atoms with van der Waals surface area (Å²) < 4.78 is 0. The third-order valence-electron chi connectivity index (χ3n) is 6.08. The molecule has 0 saturated carbocycles. The maximum Gasteiger partial charge on any atom is 0.117 e. The summed E-state index contributed by atoms with van der Waals surface area (Å²) in [5.74, 6) is 1.28. The molecule has 0 bridgehead atoms. The summed E-state index contributed by atoms with van der Waals surface area (Å²) in [6.45, 7) is 2.27. The zero-order valence-corrected chi connectivity index (χ0v) is 19.0. The Hall–Kier alpha value is -1.85. The first-order valence-electron chi connectivity index (χ1n) is 11.0. The molecule has 5 rings (SSSR count). The molecule has 3 nitrogen and oxygen atoms in total. The minimum absolute atomic E-state index is 0.264. The van der Waals surface area contributed by atoms with Crippen molar-refractivity contribution in [1.29, 1.82) is 0 Å². The van der Waals surface area contributed by atoms with Gasteiger partial charge in [-0.2, -0.15) is 0 Å². The van der Waals surface area contributed by atoms with Gasteiger partial charge in [-0.1, -0.05) is 73.2 Å². The lowest BCUT2D eigenvalue weighted by Crippen LogP contribution is -2.21. The van der Waals surface area contributed by atoms with Gasteiger partial charge < -0.3 is 0 Å². The fourth-order valence-electron chi connectivity index (χ4n) is 4.67. The van der Waals surface area contributed by atoms with Gasteiger partial charge >= 0.3 is 0 Å². The van der Waals surface area contributed by atoms with Crippen LogP contribution in [-0.2, 0) is 0 Å². The van der Waals surface area contributed by atoms with Gasteiger partial charge in [0, 0.05) is 11.5 Å². The van der Waals surface area contributed by atoms with Gasteiger partial charge in [0.15, 0.2) is 0 Å². The molecule has 0 saturated heterocycles. The molecule has 0 N–H and O–H groups in total. The standard InChI is InChI=1S/C25H27N3S2/c1-2-3-14-20-18-12-7-13-19(18)21-22-23(30-24(21)28-20)25(27-16-26-22)29-15-8-11-17-9-5-4-6-10-17/h4-6,8-11,16,21,24H,2-3,7,12-15H2,1H3. The van der Waals surface area contributed by atoms with Crippen molar-refractivity contribution < 1.29 is 0 Å². The molecule has 0 amide bonds. The molecule has 2 aromatic rings. The highest BCUT2D eigenvalue weighted by atomic mass is 32.2. The fourth-order valence-corrected chi connectivity index (χ4v) is 7.01. The topological polar surface area (TPSA) is 38.1 Å². The summed E-state index contributed by atoms with van der Waals surface area (Å²) in [7, 11) is 0. The molecule has 3 aliphatic rings. The molecule has 2 aliphatic heterocycles. The summed E-state index contributed by atoms with van der Waals surface area (Å²) in [4.78, 5) is 15.9. The first-order valence-corrected chi connectivity index (χ1v) is 12.9. The van der Waals surface area contributed by atoms with E-state index in [9.17, 15) is 0 Å². The Morgan fingerprint density at radius 2 is 2.07 bits per heavy atom. The van der Waals surface area contributed by atoms with E-state index < -0.39 is 0 Å². The fraction of sp³-hybridized carbons (Fsp3) is 0.400. The summed E-state index contributed by atoms with van der Waals surface area (Å²) in [6.07, 6.45) is 13.5. The SMILES string of the molecule is CCCCC1=NC2Sc3c(SCC=Cc4ccccc4)ncnc3C2C2=C1CCC2. The normalized spacial score (nSPS) is 22.2. The van der Waals surface area contributed by atoms with Gasteiger partial charge in [0.25, 0.3) is 0 Å². The van der Waals surface area contributed by atoms with E-state index in [1.54, 1.807) is 17.5 Å². The number of benzene rings is 1. The lowest BCUT2D eigenvalue weighted by Gasteiger charge is -2.26. The number of rotatable bonds is 7. The largest absolute Gasteiger partial charge is 0.274 e. The van der Waals surface area contributed by atoms with Crippen molar-refractivity contribution in [2.75, 3.05) is 5.75 Å². The Kier molecular flexibility index (Phi) is 6.09. The van der Waals surface area contributed by atoms with E-state index in [1.165, 1.54) is 54.0 Å². The predicted molar refractivity (Wildman–Crippen MR) is 128 cm³/mol. The van der Waals surface area contributed by atoms with Crippen LogP contribution in [0.3, 0.4) is 0 Å². The van der Waals surface area contributed by atoms with Crippen molar-refractivity contribution in [2.24, 2.45) is 4.99 Å². The number of nitrogens with zero attached hydrogens (tertiary/aromatic N) is 3. The maximum atomic E-state index is 5.25. The molecule has 2 atom stereocenters. The van der Waals surface area contributed by atoms with Crippen LogP contribution in [-0.4, -0.2) is 26.8 Å². The Bertz CT molecular complexity index is 1010. The molecule has 3 heterocycles. The van der Waals surface area contributed by atoms with Crippen molar-refractivity contribution in [1.82, 2.24) is 9.97 Å². The van der Waals surface area contributed by atoms with E-state index in [-0.39, 0.29) is 5.37 Å². The second-order valence-electron chi connectivity index (χ2n) is 8.04. The highest BCUT2D eigenvalue weighted by Crippen LogP contribution is 2.56. The highest BCUT2D eigenvalue weighted by molar-refractivity contribution is 8.02. The summed E-state index contributed by atoms with van der Waals surface area (Å²) in [6, 6.07) is 10.5. The van der Waals surface area contributed by atoms with Crippen molar-refractivity contribution in [3.63, 3.8) is 0 Å². The number of unbranched alkanes of at least 4 members (excludes halogenated alkanes) is 1. The average Bonchev–Trinajstić information content (AvgIpc) is 3.40. The first-order chi connectivity index (χ1) is 14.8. The van der Waals surface area contributed by atoms with Crippen LogP contribution in [0.4, 0.5) is 0 Å². The van der Waals surface area contributed by atoms with Crippen molar-refractivity contribution in [3.8, 4) is 0 Å². The van der Waals surface area contributed by atoms with Crippen molar-refractivity contribution in [2.45, 2.75) is 66.7 Å². The molecule has 1 aliphatic carbocycles. The molecule has 0 fully saturated rings. The van der Waals surface area contributed by atoms with Crippen LogP contribution >= 0.6 is 23.5 Å². The summed E-state index contributed by atoms with van der Waals surface area (Å²) in [5.41, 5.74) is 7.05. The number of allylic oxidation sites excluding steroid dienone is 1. The minimum atomic E-state index is 0.264. The van der Waals surface area contributed by atoms with Crippen LogP contribution in [0.15, 0.2) is 68.8 Å². The third-order valence-corrected chi connectivity index (χ3v) is 8.41. The van der Waals surface area contributed by atoms with Crippen LogP contribution < -0.4 is 0 Å². The summed E-state index contributed by atoms with van der Waals surface area (Å²) in [5, 5.41) is 1.38. The second kappa shape index (κ2) is 9.11. The predicted octanol–water partition coefficient (Wildman–Crippen LogP) is 6.92. The van der Waals surface area contributed by atoms with Crippen LogP contribution in [0.5, 0.6) is 0 Å². The van der Waals surface area contributed by atoms with Crippen LogP contribution in [0.25, 0.3) is 6.08 Å². The maximum absolute atomic E-state index is 5.25.